The minimum Gasteiger partial charge on any atom is -0.463 e. The van der Waals surface area contributed by atoms with Crippen LogP contribution in [-0.4, -0.2) is 148 Å². The van der Waals surface area contributed by atoms with Gasteiger partial charge in [-0.25, -0.2) is 0 Å². The maximum atomic E-state index is 12.1. The van der Waals surface area contributed by atoms with E-state index >= 15 is 0 Å². The van der Waals surface area contributed by atoms with Crippen LogP contribution in [0.3, 0.4) is 0 Å². The molecule has 3 aliphatic heterocycles. The molecule has 0 aromatic heterocycles. The van der Waals surface area contributed by atoms with E-state index in [9.17, 15) is 24.3 Å². The van der Waals surface area contributed by atoms with E-state index in [2.05, 4.69) is 55.4 Å². The van der Waals surface area contributed by atoms with Gasteiger partial charge in [-0.05, 0) is 22.2 Å². The molecule has 3 fully saturated rings. The van der Waals surface area contributed by atoms with Gasteiger partial charge in [-0.2, -0.15) is 0 Å². The van der Waals surface area contributed by atoms with Gasteiger partial charge in [-0.1, -0.05) is 55.4 Å². The molecule has 0 aromatic carbocycles. The van der Waals surface area contributed by atoms with Crippen molar-refractivity contribution in [2.75, 3.05) is 40.3 Å². The van der Waals surface area contributed by atoms with Crippen molar-refractivity contribution in [3.05, 3.63) is 0 Å². The van der Waals surface area contributed by atoms with Crippen molar-refractivity contribution in [1.82, 2.24) is 0 Å². The fourth-order valence-corrected chi connectivity index (χ4v) is 18.7. The largest absolute Gasteiger partial charge is 0.463 e. The molecule has 0 aliphatic carbocycles. The average molecular weight is 841 g/mol. The smallest absolute Gasteiger partial charge is 0.335 e. The number of fused-ring (bicyclic) bond motifs is 1. The first-order chi connectivity index (χ1) is 26.2. The Kier molecular flexibility index (Phi) is 18.3. The Morgan fingerprint density at radius 1 is 0.607 bits per heavy atom. The predicted octanol–water partition coefficient (Wildman–Crippen LogP) is 3.13. The molecule has 0 unspecified atom stereocenters. The van der Waals surface area contributed by atoms with E-state index < -0.39 is 102 Å². The van der Waals surface area contributed by atoms with Crippen molar-refractivity contribution in [2.45, 2.75) is 167 Å². The molecule has 3 rings (SSSR count). The fraction of sp³-hybridized carbons (Fsp3) is 0.889. The number of ether oxygens (including phenoxy) is 10. The zero-order valence-electron chi connectivity index (χ0n) is 35.0. The first-order valence-corrected chi connectivity index (χ1v) is 23.1. The maximum Gasteiger partial charge on any atom is 0.335 e. The zero-order valence-corrected chi connectivity index (χ0v) is 37.0. The summed E-state index contributed by atoms with van der Waals surface area (Å²) in [5.41, 5.74) is 0.223. The second-order valence-corrected chi connectivity index (χ2v) is 24.2. The lowest BCUT2D eigenvalue weighted by atomic mass is 9.98. The van der Waals surface area contributed by atoms with Crippen LogP contribution in [-0.2, 0) is 79.5 Å². The van der Waals surface area contributed by atoms with E-state index in [4.69, 9.17) is 60.3 Å². The summed E-state index contributed by atoms with van der Waals surface area (Å²) in [7, 11) is -4.58. The molecule has 56 heavy (non-hydrogen) atoms. The number of hydrogen-bond donors (Lipinski definition) is 1. The molecule has 0 radical (unpaired) electrons. The van der Waals surface area contributed by atoms with Crippen LogP contribution in [0.2, 0.25) is 22.2 Å². The van der Waals surface area contributed by atoms with Crippen molar-refractivity contribution in [3.63, 3.8) is 0 Å². The summed E-state index contributed by atoms with van der Waals surface area (Å²) >= 11 is 0. The van der Waals surface area contributed by atoms with Gasteiger partial charge in [0.15, 0.2) is 30.9 Å². The van der Waals surface area contributed by atoms with E-state index in [1.807, 2.05) is 0 Å². The number of rotatable bonds is 18. The highest BCUT2D eigenvalue weighted by atomic mass is 28.5. The van der Waals surface area contributed by atoms with Gasteiger partial charge < -0.3 is 65.4 Å². The molecular formula is C36H64O18Si2. The van der Waals surface area contributed by atoms with E-state index in [0.717, 1.165) is 20.8 Å². The van der Waals surface area contributed by atoms with Crippen LogP contribution in [0.5, 0.6) is 0 Å². The van der Waals surface area contributed by atoms with Crippen LogP contribution in [0.1, 0.15) is 83.1 Å². The Hall–Kier alpha value is -2.09. The summed E-state index contributed by atoms with van der Waals surface area (Å²) in [5.74, 6) is -2.88. The van der Waals surface area contributed by atoms with E-state index in [0.29, 0.717) is 0 Å². The van der Waals surface area contributed by atoms with Crippen molar-refractivity contribution >= 4 is 41.0 Å². The summed E-state index contributed by atoms with van der Waals surface area (Å²) < 4.78 is 77.9. The highest BCUT2D eigenvalue weighted by molar-refractivity contribution is 6.84. The first-order valence-electron chi connectivity index (χ1n) is 19.2. The van der Waals surface area contributed by atoms with Gasteiger partial charge in [0.2, 0.25) is 0 Å². The van der Waals surface area contributed by atoms with Gasteiger partial charge in [0.25, 0.3) is 0 Å². The Morgan fingerprint density at radius 3 is 1.61 bits per heavy atom. The van der Waals surface area contributed by atoms with Gasteiger partial charge in [-0.3, -0.25) is 19.2 Å². The number of methoxy groups -OCH3 is 1. The third kappa shape index (κ3) is 11.8. The molecule has 0 amide bonds. The molecule has 0 bridgehead atoms. The number of carbonyl (C=O) groups excluding carboxylic acids is 4. The number of esters is 4. The number of carbonyl (C=O) groups is 4. The predicted molar refractivity (Wildman–Crippen MR) is 199 cm³/mol. The second kappa shape index (κ2) is 21.3. The summed E-state index contributed by atoms with van der Waals surface area (Å²) in [4.78, 5) is 47.8. The minimum atomic E-state index is -3.02. The first kappa shape index (κ1) is 48.3. The molecule has 3 aliphatic rings. The molecule has 10 atom stereocenters. The van der Waals surface area contributed by atoms with Gasteiger partial charge in [0, 0.05) is 34.8 Å². The van der Waals surface area contributed by atoms with E-state index in [1.165, 1.54) is 14.0 Å². The minimum absolute atomic E-state index is 0.00373. The van der Waals surface area contributed by atoms with Crippen LogP contribution >= 0.6 is 0 Å². The highest BCUT2D eigenvalue weighted by Crippen LogP contribution is 2.49. The van der Waals surface area contributed by atoms with Crippen molar-refractivity contribution in [1.29, 1.82) is 0 Å². The second-order valence-electron chi connectivity index (χ2n) is 15.4. The molecule has 0 aromatic rings. The summed E-state index contributed by atoms with van der Waals surface area (Å²) in [6.45, 7) is 20.7. The number of aliphatic hydroxyl groups is 1. The van der Waals surface area contributed by atoms with E-state index in [1.54, 1.807) is 0 Å². The van der Waals surface area contributed by atoms with Crippen molar-refractivity contribution in [3.8, 4) is 0 Å². The summed E-state index contributed by atoms with van der Waals surface area (Å²) in [6.07, 6.45) is -10.9. The van der Waals surface area contributed by atoms with Gasteiger partial charge in [0.1, 0.15) is 43.9 Å². The molecule has 0 saturated carbocycles. The molecular weight excluding hydrogens is 777 g/mol. The summed E-state index contributed by atoms with van der Waals surface area (Å²) in [5, 5.41) is 11.5. The average Bonchev–Trinajstić information content (AvgIpc) is 3.27. The van der Waals surface area contributed by atoms with Crippen LogP contribution in [0.4, 0.5) is 0 Å². The highest BCUT2D eigenvalue weighted by Gasteiger charge is 2.64. The van der Waals surface area contributed by atoms with Crippen LogP contribution < -0.4 is 0 Å². The number of aliphatic hydroxyl groups excluding tert-OH is 1. The lowest BCUT2D eigenvalue weighted by Crippen LogP contribution is -2.63. The van der Waals surface area contributed by atoms with Gasteiger partial charge in [0.05, 0.1) is 19.8 Å². The quantitative estimate of drug-likeness (QED) is 0.0691. The normalized spacial score (nSPS) is 31.5. The Balaban J connectivity index is 1.73. The van der Waals surface area contributed by atoms with Crippen LogP contribution in [0.25, 0.3) is 0 Å². The Morgan fingerprint density at radius 2 is 1.11 bits per heavy atom. The number of hydrogen-bond acceptors (Lipinski definition) is 18. The third-order valence-electron chi connectivity index (χ3n) is 9.93. The molecule has 20 heteroatoms. The van der Waals surface area contributed by atoms with Crippen molar-refractivity contribution in [2.24, 2.45) is 0 Å². The molecule has 18 nitrogen and oxygen atoms in total. The molecule has 3 heterocycles. The van der Waals surface area contributed by atoms with Crippen molar-refractivity contribution < 1.29 is 84.6 Å². The lowest BCUT2D eigenvalue weighted by Gasteiger charge is -2.46. The molecule has 1 N–H and O–H groups in total. The standard InChI is InChI=1S/C36H64O18Si2/c1-19(2)55(20(3)4)52-31-27(50-35(42-13)29(41)32(31)53-56(54-55,21(5)6)22(7)8)16-44-18-43-14-15-45-36-34(49-26(12)40)33(48-25(11)39)30(47-24(10)38)28(51-36)17-46-23(9)37/h19-22,27-36,41H,14-18H2,1-13H3/t27-,28-,29+,30-,31-,32-,33+,34+,35+,36+/m1/s1. The zero-order chi connectivity index (χ0) is 42.1. The van der Waals surface area contributed by atoms with Crippen LogP contribution in [0, 0.1) is 0 Å². The summed E-state index contributed by atoms with van der Waals surface area (Å²) in [6, 6.07) is 0. The van der Waals surface area contributed by atoms with Gasteiger partial charge in [-0.15, -0.1) is 0 Å². The Bertz CT molecular complexity index is 1280. The maximum absolute atomic E-state index is 12.1. The van der Waals surface area contributed by atoms with Gasteiger partial charge >= 0.3 is 41.0 Å². The van der Waals surface area contributed by atoms with E-state index in [-0.39, 0.29) is 55.4 Å². The SMILES string of the molecule is CO[C@H]1O[C@H](COCOCCO[C@H]2O[C@H](COC(C)=O)[C@@H](OC(C)=O)[C@H](OC(C)=O)[C@@H]2OC(C)=O)[C@H]2O[Si](C(C)C)(C(C)C)O[Si](C(C)C)(C(C)C)O[C@@H]2[C@@H]1O. The topological polar surface area (TPSA) is 208 Å². The fourth-order valence-electron chi connectivity index (χ4n) is 7.40. The van der Waals surface area contributed by atoms with Crippen LogP contribution in [0.15, 0.2) is 0 Å². The molecule has 324 valence electrons. The Labute approximate surface area is 332 Å². The third-order valence-corrected chi connectivity index (χ3v) is 20.2. The monoisotopic (exact) mass is 840 g/mol. The lowest BCUT2D eigenvalue weighted by molar-refractivity contribution is -0.310. The molecule has 0 spiro atoms. The molecule has 3 saturated heterocycles.